The van der Waals surface area contributed by atoms with Crippen molar-refractivity contribution in [1.82, 2.24) is 4.90 Å². The van der Waals surface area contributed by atoms with E-state index in [0.29, 0.717) is 24.8 Å². The Bertz CT molecular complexity index is 627. The number of ether oxygens (including phenoxy) is 1. The third kappa shape index (κ3) is 3.25. The fourth-order valence-electron chi connectivity index (χ4n) is 3.45. The highest BCUT2D eigenvalue weighted by atomic mass is 16.5. The lowest BCUT2D eigenvalue weighted by molar-refractivity contribution is -0.136. The van der Waals surface area contributed by atoms with E-state index >= 15 is 0 Å². The molecule has 1 aliphatic carbocycles. The van der Waals surface area contributed by atoms with Crippen molar-refractivity contribution < 1.29 is 14.3 Å². The summed E-state index contributed by atoms with van der Waals surface area (Å²) in [7, 11) is 1.87. The predicted molar refractivity (Wildman–Crippen MR) is 93.0 cm³/mol. The molecule has 1 saturated carbocycles. The summed E-state index contributed by atoms with van der Waals surface area (Å²) in [6, 6.07) is 7.79. The van der Waals surface area contributed by atoms with Crippen LogP contribution in [0, 0.1) is 11.8 Å². The monoisotopic (exact) mass is 330 g/mol. The molecule has 2 atom stereocenters. The molecular formula is C19H26N2O3. The lowest BCUT2D eigenvalue weighted by Gasteiger charge is -2.27. The van der Waals surface area contributed by atoms with Crippen LogP contribution in [0.3, 0.4) is 0 Å². The van der Waals surface area contributed by atoms with E-state index in [0.717, 1.165) is 5.69 Å². The number of para-hydroxylation sites is 2. The van der Waals surface area contributed by atoms with Crippen LogP contribution in [0.15, 0.2) is 24.3 Å². The standard InChI is InChI=1S/C19H26N2O3/c1-4-24-17-8-6-5-7-16(17)21-12-15(11-18(21)22)19(23)20(3)13(2)14-9-10-14/h5-8,13-15H,4,9-12H2,1-3H3. The minimum Gasteiger partial charge on any atom is -0.492 e. The van der Waals surface area contributed by atoms with Crippen LogP contribution >= 0.6 is 0 Å². The average molecular weight is 330 g/mol. The maximum Gasteiger partial charge on any atom is 0.228 e. The zero-order valence-corrected chi connectivity index (χ0v) is 14.7. The third-order valence-corrected chi connectivity index (χ3v) is 5.19. The SMILES string of the molecule is CCOc1ccccc1N1CC(C(=O)N(C)C(C)C2CC2)CC1=O. The Morgan fingerprint density at radius 3 is 2.75 bits per heavy atom. The number of nitrogens with zero attached hydrogens (tertiary/aromatic N) is 2. The summed E-state index contributed by atoms with van der Waals surface area (Å²) in [5, 5.41) is 0. The van der Waals surface area contributed by atoms with Gasteiger partial charge < -0.3 is 14.5 Å². The van der Waals surface area contributed by atoms with E-state index in [4.69, 9.17) is 4.74 Å². The highest BCUT2D eigenvalue weighted by molar-refractivity contribution is 6.01. The summed E-state index contributed by atoms with van der Waals surface area (Å²) in [5.41, 5.74) is 0.762. The van der Waals surface area contributed by atoms with Gasteiger partial charge in [-0.1, -0.05) is 12.1 Å². The van der Waals surface area contributed by atoms with E-state index in [-0.39, 0.29) is 30.2 Å². The van der Waals surface area contributed by atoms with Crippen molar-refractivity contribution in [2.24, 2.45) is 11.8 Å². The highest BCUT2D eigenvalue weighted by Crippen LogP contribution is 2.37. The first-order valence-corrected chi connectivity index (χ1v) is 8.81. The summed E-state index contributed by atoms with van der Waals surface area (Å²) >= 11 is 0. The summed E-state index contributed by atoms with van der Waals surface area (Å²) < 4.78 is 5.63. The molecule has 0 N–H and O–H groups in total. The van der Waals surface area contributed by atoms with Gasteiger partial charge in [0.25, 0.3) is 0 Å². The number of benzene rings is 1. The zero-order chi connectivity index (χ0) is 17.3. The molecule has 2 aliphatic rings. The smallest absolute Gasteiger partial charge is 0.228 e. The van der Waals surface area contributed by atoms with Crippen molar-refractivity contribution >= 4 is 17.5 Å². The van der Waals surface area contributed by atoms with Crippen molar-refractivity contribution in [3.05, 3.63) is 24.3 Å². The molecule has 1 saturated heterocycles. The van der Waals surface area contributed by atoms with E-state index < -0.39 is 0 Å². The topological polar surface area (TPSA) is 49.9 Å². The van der Waals surface area contributed by atoms with Crippen LogP contribution in [0.25, 0.3) is 0 Å². The minimum absolute atomic E-state index is 0.00650. The number of carbonyl (C=O) groups is 2. The Morgan fingerprint density at radius 1 is 1.38 bits per heavy atom. The van der Waals surface area contributed by atoms with E-state index in [9.17, 15) is 9.59 Å². The third-order valence-electron chi connectivity index (χ3n) is 5.19. The molecule has 24 heavy (non-hydrogen) atoms. The second-order valence-corrected chi connectivity index (χ2v) is 6.83. The highest BCUT2D eigenvalue weighted by Gasteiger charge is 2.40. The van der Waals surface area contributed by atoms with Crippen molar-refractivity contribution in [3.8, 4) is 5.75 Å². The fourth-order valence-corrected chi connectivity index (χ4v) is 3.45. The van der Waals surface area contributed by atoms with E-state index in [1.165, 1.54) is 12.8 Å². The van der Waals surface area contributed by atoms with E-state index in [1.54, 1.807) is 4.90 Å². The Hall–Kier alpha value is -2.04. The van der Waals surface area contributed by atoms with Gasteiger partial charge in [0, 0.05) is 26.1 Å². The maximum absolute atomic E-state index is 12.8. The summed E-state index contributed by atoms with van der Waals surface area (Å²) in [5.74, 6) is 1.14. The van der Waals surface area contributed by atoms with Gasteiger partial charge in [-0.2, -0.15) is 0 Å². The first kappa shape index (κ1) is 16.8. The zero-order valence-electron chi connectivity index (χ0n) is 14.7. The van der Waals surface area contributed by atoms with Gasteiger partial charge in [-0.15, -0.1) is 0 Å². The molecule has 2 amide bonds. The van der Waals surface area contributed by atoms with E-state index in [1.807, 2.05) is 43.1 Å². The van der Waals surface area contributed by atoms with Crippen LogP contribution in [-0.2, 0) is 9.59 Å². The van der Waals surface area contributed by atoms with E-state index in [2.05, 4.69) is 6.92 Å². The summed E-state index contributed by atoms with van der Waals surface area (Å²) in [4.78, 5) is 28.8. The van der Waals surface area contributed by atoms with Crippen molar-refractivity contribution in [2.75, 3.05) is 25.1 Å². The Morgan fingerprint density at radius 2 is 2.08 bits per heavy atom. The lowest BCUT2D eigenvalue weighted by atomic mass is 10.1. The molecule has 5 nitrogen and oxygen atoms in total. The molecule has 1 heterocycles. The predicted octanol–water partition coefficient (Wildman–Crippen LogP) is 2.70. The van der Waals surface area contributed by atoms with Crippen LogP contribution in [-0.4, -0.2) is 43.0 Å². The molecule has 0 aromatic heterocycles. The second-order valence-electron chi connectivity index (χ2n) is 6.83. The molecule has 5 heteroatoms. The molecule has 1 aromatic rings. The number of carbonyl (C=O) groups excluding carboxylic acids is 2. The molecule has 3 rings (SSSR count). The van der Waals surface area contributed by atoms with Gasteiger partial charge in [0.1, 0.15) is 5.75 Å². The van der Waals surface area contributed by atoms with Crippen LogP contribution < -0.4 is 9.64 Å². The molecule has 2 unspecified atom stereocenters. The molecule has 1 aromatic carbocycles. The van der Waals surface area contributed by atoms with Crippen molar-refractivity contribution in [1.29, 1.82) is 0 Å². The van der Waals surface area contributed by atoms with Gasteiger partial charge in [0.15, 0.2) is 0 Å². The maximum atomic E-state index is 12.8. The van der Waals surface area contributed by atoms with Gasteiger partial charge in [0.2, 0.25) is 11.8 Å². The van der Waals surface area contributed by atoms with Crippen LogP contribution in [0.5, 0.6) is 5.75 Å². The van der Waals surface area contributed by atoms with Gasteiger partial charge in [0.05, 0.1) is 18.2 Å². The van der Waals surface area contributed by atoms with Crippen LogP contribution in [0.1, 0.15) is 33.1 Å². The number of amides is 2. The molecule has 0 spiro atoms. The quantitative estimate of drug-likeness (QED) is 0.806. The van der Waals surface area contributed by atoms with Gasteiger partial charge in [-0.25, -0.2) is 0 Å². The normalized spacial score (nSPS) is 21.7. The first-order valence-electron chi connectivity index (χ1n) is 8.81. The van der Waals surface area contributed by atoms with Gasteiger partial charge in [-0.3, -0.25) is 9.59 Å². The number of anilines is 1. The Labute approximate surface area is 143 Å². The number of rotatable bonds is 6. The van der Waals surface area contributed by atoms with Crippen molar-refractivity contribution in [3.63, 3.8) is 0 Å². The fraction of sp³-hybridized carbons (Fsp3) is 0.579. The molecule has 0 radical (unpaired) electrons. The Kier molecular flexibility index (Phi) is 4.78. The summed E-state index contributed by atoms with van der Waals surface area (Å²) in [6.45, 7) is 5.00. The molecule has 0 bridgehead atoms. The lowest BCUT2D eigenvalue weighted by Crippen LogP contribution is -2.41. The van der Waals surface area contributed by atoms with Crippen LogP contribution in [0.2, 0.25) is 0 Å². The number of hydrogen-bond donors (Lipinski definition) is 0. The van der Waals surface area contributed by atoms with Crippen LogP contribution in [0.4, 0.5) is 5.69 Å². The second kappa shape index (κ2) is 6.83. The van der Waals surface area contributed by atoms with Crippen molar-refractivity contribution in [2.45, 2.75) is 39.2 Å². The Balaban J connectivity index is 1.72. The number of hydrogen-bond acceptors (Lipinski definition) is 3. The largest absolute Gasteiger partial charge is 0.492 e. The molecular weight excluding hydrogens is 304 g/mol. The first-order chi connectivity index (χ1) is 11.5. The molecule has 2 fully saturated rings. The molecule has 130 valence electrons. The van der Waals surface area contributed by atoms with Gasteiger partial charge in [-0.05, 0) is 44.7 Å². The molecule has 1 aliphatic heterocycles. The van der Waals surface area contributed by atoms with Gasteiger partial charge >= 0.3 is 0 Å². The minimum atomic E-state index is -0.265. The summed E-state index contributed by atoms with van der Waals surface area (Å²) in [6.07, 6.45) is 2.69. The average Bonchev–Trinajstić information content (AvgIpc) is 3.36.